The zero-order chi connectivity index (χ0) is 13.7. The summed E-state index contributed by atoms with van der Waals surface area (Å²) in [5, 5.41) is 4.03. The Morgan fingerprint density at radius 1 is 1.22 bits per heavy atom. The van der Waals surface area contributed by atoms with E-state index >= 15 is 0 Å². The molecule has 0 bridgehead atoms. The van der Waals surface area contributed by atoms with Gasteiger partial charge in [-0.3, -0.25) is 0 Å². The van der Waals surface area contributed by atoms with Crippen LogP contribution in [0.2, 0.25) is 5.02 Å². The van der Waals surface area contributed by atoms with E-state index in [4.69, 9.17) is 11.6 Å². The maximum absolute atomic E-state index is 13.7. The Labute approximate surface area is 115 Å². The number of hydrogen-bond donors (Lipinski definition) is 1. The molecule has 0 saturated carbocycles. The zero-order valence-corrected chi connectivity index (χ0v) is 12.4. The minimum Gasteiger partial charge on any atom is -0.314 e. The van der Waals surface area contributed by atoms with Crippen molar-refractivity contribution in [3.63, 3.8) is 0 Å². The third kappa shape index (κ3) is 4.95. The molecule has 0 saturated heterocycles. The van der Waals surface area contributed by atoms with E-state index in [2.05, 4.69) is 33.0 Å². The number of nitrogens with one attached hydrogen (secondary N) is 1. The van der Waals surface area contributed by atoms with Crippen LogP contribution in [0.15, 0.2) is 18.2 Å². The molecule has 0 fully saturated rings. The minimum absolute atomic E-state index is 0.158. The summed E-state index contributed by atoms with van der Waals surface area (Å²) in [4.78, 5) is 0. The second-order valence-electron chi connectivity index (χ2n) is 5.51. The topological polar surface area (TPSA) is 12.0 Å². The number of halogens is 2. The number of benzene rings is 1. The predicted octanol–water partition coefficient (Wildman–Crippen LogP) is 4.29. The molecule has 1 aromatic rings. The Bertz CT molecular complexity index is 377. The van der Waals surface area contributed by atoms with Gasteiger partial charge in [0.15, 0.2) is 0 Å². The van der Waals surface area contributed by atoms with Crippen molar-refractivity contribution in [3.8, 4) is 0 Å². The summed E-state index contributed by atoms with van der Waals surface area (Å²) in [6.07, 6.45) is 0.726. The average molecular weight is 272 g/mol. The number of hydrogen-bond acceptors (Lipinski definition) is 1. The summed E-state index contributed by atoms with van der Waals surface area (Å²) in [7, 11) is 0. The van der Waals surface area contributed by atoms with Gasteiger partial charge in [-0.05, 0) is 48.6 Å². The summed E-state index contributed by atoms with van der Waals surface area (Å²) < 4.78 is 13.7. The molecule has 18 heavy (non-hydrogen) atoms. The maximum Gasteiger partial charge on any atom is 0.126 e. The molecule has 0 radical (unpaired) electrons. The van der Waals surface area contributed by atoms with E-state index in [1.165, 1.54) is 6.07 Å². The fourth-order valence-corrected chi connectivity index (χ4v) is 2.11. The molecule has 0 heterocycles. The summed E-state index contributed by atoms with van der Waals surface area (Å²) in [6, 6.07) is 5.24. The first kappa shape index (κ1) is 15.5. The van der Waals surface area contributed by atoms with E-state index in [0.29, 0.717) is 28.5 Å². The number of rotatable bonds is 6. The van der Waals surface area contributed by atoms with Gasteiger partial charge in [-0.25, -0.2) is 4.39 Å². The molecule has 102 valence electrons. The average Bonchev–Trinajstić information content (AvgIpc) is 2.28. The van der Waals surface area contributed by atoms with Gasteiger partial charge < -0.3 is 5.32 Å². The molecule has 1 N–H and O–H groups in total. The van der Waals surface area contributed by atoms with Crippen LogP contribution >= 0.6 is 11.6 Å². The molecule has 1 aromatic carbocycles. The fraction of sp³-hybridized carbons (Fsp3) is 0.600. The molecule has 0 amide bonds. The third-order valence-electron chi connectivity index (χ3n) is 3.22. The molecule has 1 rings (SSSR count). The van der Waals surface area contributed by atoms with Crippen LogP contribution in [0, 0.1) is 17.7 Å². The second-order valence-corrected chi connectivity index (χ2v) is 5.94. The molecule has 0 aliphatic carbocycles. The molecular weight excluding hydrogens is 249 g/mol. The monoisotopic (exact) mass is 271 g/mol. The fourth-order valence-electron chi connectivity index (χ4n) is 1.91. The summed E-state index contributed by atoms with van der Waals surface area (Å²) >= 11 is 5.93. The van der Waals surface area contributed by atoms with Gasteiger partial charge in [-0.2, -0.15) is 0 Å². The Hall–Kier alpha value is -0.600. The molecule has 0 aliphatic heterocycles. The van der Waals surface area contributed by atoms with Crippen molar-refractivity contribution in [2.75, 3.05) is 6.54 Å². The molecule has 1 unspecified atom stereocenters. The van der Waals surface area contributed by atoms with Gasteiger partial charge >= 0.3 is 0 Å². The third-order valence-corrected chi connectivity index (χ3v) is 3.46. The van der Waals surface area contributed by atoms with Gasteiger partial charge in [-0.15, -0.1) is 0 Å². The summed E-state index contributed by atoms with van der Waals surface area (Å²) in [5.74, 6) is 0.768. The van der Waals surface area contributed by atoms with Crippen molar-refractivity contribution in [1.29, 1.82) is 0 Å². The van der Waals surface area contributed by atoms with Gasteiger partial charge in [0.25, 0.3) is 0 Å². The largest absolute Gasteiger partial charge is 0.314 e. The highest BCUT2D eigenvalue weighted by atomic mass is 35.5. The lowest BCUT2D eigenvalue weighted by molar-refractivity contribution is 0.345. The van der Waals surface area contributed by atoms with Crippen LogP contribution in [-0.2, 0) is 6.42 Å². The van der Waals surface area contributed by atoms with Gasteiger partial charge in [0.1, 0.15) is 5.82 Å². The lowest BCUT2D eigenvalue weighted by atomic mass is 9.89. The quantitative estimate of drug-likeness (QED) is 0.814. The lowest BCUT2D eigenvalue weighted by Crippen LogP contribution is -2.32. The Morgan fingerprint density at radius 2 is 1.89 bits per heavy atom. The van der Waals surface area contributed by atoms with E-state index in [1.807, 2.05) is 0 Å². The molecule has 0 spiro atoms. The molecule has 0 aliphatic rings. The molecular formula is C15H23ClFN. The normalized spacial score (nSPS) is 13.3. The van der Waals surface area contributed by atoms with E-state index in [-0.39, 0.29) is 5.82 Å². The molecule has 3 heteroatoms. The van der Waals surface area contributed by atoms with Crippen LogP contribution in [0.3, 0.4) is 0 Å². The second kappa shape index (κ2) is 7.10. The van der Waals surface area contributed by atoms with Crippen LogP contribution in [-0.4, -0.2) is 12.6 Å². The summed E-state index contributed by atoms with van der Waals surface area (Å²) in [6.45, 7) is 9.50. The van der Waals surface area contributed by atoms with Gasteiger partial charge in [0.05, 0.1) is 0 Å². The van der Waals surface area contributed by atoms with Crippen molar-refractivity contribution in [3.05, 3.63) is 34.6 Å². The van der Waals surface area contributed by atoms with Gasteiger partial charge in [0, 0.05) is 11.1 Å². The first-order valence-corrected chi connectivity index (χ1v) is 6.95. The Morgan fingerprint density at radius 3 is 2.44 bits per heavy atom. The van der Waals surface area contributed by atoms with Crippen LogP contribution < -0.4 is 5.32 Å². The maximum atomic E-state index is 13.7. The van der Waals surface area contributed by atoms with Crippen LogP contribution in [0.1, 0.15) is 33.3 Å². The van der Waals surface area contributed by atoms with Crippen molar-refractivity contribution in [1.82, 2.24) is 5.32 Å². The van der Waals surface area contributed by atoms with E-state index < -0.39 is 0 Å². The Balaban J connectivity index is 2.73. The van der Waals surface area contributed by atoms with Gasteiger partial charge in [0.2, 0.25) is 0 Å². The van der Waals surface area contributed by atoms with Crippen LogP contribution in [0.25, 0.3) is 0 Å². The first-order chi connectivity index (χ1) is 8.40. The van der Waals surface area contributed by atoms with Crippen molar-refractivity contribution >= 4 is 11.6 Å². The predicted molar refractivity (Wildman–Crippen MR) is 76.6 cm³/mol. The zero-order valence-electron chi connectivity index (χ0n) is 11.6. The van der Waals surface area contributed by atoms with Crippen molar-refractivity contribution in [2.45, 2.75) is 40.2 Å². The van der Waals surface area contributed by atoms with Crippen LogP contribution in [0.5, 0.6) is 0 Å². The van der Waals surface area contributed by atoms with E-state index in [0.717, 1.165) is 13.0 Å². The molecule has 1 atom stereocenters. The molecule has 1 nitrogen and oxygen atoms in total. The highest BCUT2D eigenvalue weighted by Gasteiger charge is 2.16. The van der Waals surface area contributed by atoms with E-state index in [1.54, 1.807) is 12.1 Å². The minimum atomic E-state index is -0.158. The molecule has 0 aromatic heterocycles. The summed E-state index contributed by atoms with van der Waals surface area (Å²) in [5.41, 5.74) is 0.715. The smallest absolute Gasteiger partial charge is 0.126 e. The van der Waals surface area contributed by atoms with Gasteiger partial charge in [-0.1, -0.05) is 39.3 Å². The van der Waals surface area contributed by atoms with Crippen molar-refractivity contribution in [2.24, 2.45) is 11.8 Å². The van der Waals surface area contributed by atoms with Crippen LogP contribution in [0.4, 0.5) is 4.39 Å². The van der Waals surface area contributed by atoms with E-state index in [9.17, 15) is 4.39 Å². The first-order valence-electron chi connectivity index (χ1n) is 6.57. The highest BCUT2D eigenvalue weighted by Crippen LogP contribution is 2.22. The lowest BCUT2D eigenvalue weighted by Gasteiger charge is -2.23. The van der Waals surface area contributed by atoms with Crippen molar-refractivity contribution < 1.29 is 4.39 Å². The standard InChI is InChI=1S/C15H23ClFN/c1-10(2)13(9-18-11(3)4)7-12-8-14(16)5-6-15(12)17/h5-6,8,10-11,13,18H,7,9H2,1-4H3. The Kier molecular flexibility index (Phi) is 6.10. The highest BCUT2D eigenvalue weighted by molar-refractivity contribution is 6.30. The SMILES string of the molecule is CC(C)NCC(Cc1cc(Cl)ccc1F)C(C)C.